The highest BCUT2D eigenvalue weighted by Gasteiger charge is 2.40. The second-order valence-corrected chi connectivity index (χ2v) is 4.89. The van der Waals surface area contributed by atoms with E-state index in [1.165, 1.54) is 0 Å². The number of hydrogen-bond donors (Lipinski definition) is 3. The quantitative estimate of drug-likeness (QED) is 0.753. The van der Waals surface area contributed by atoms with Gasteiger partial charge in [-0.05, 0) is 37.4 Å². The fourth-order valence-electron chi connectivity index (χ4n) is 2.74. The van der Waals surface area contributed by atoms with Crippen molar-refractivity contribution in [2.45, 2.75) is 24.9 Å². The molecule has 18 heavy (non-hydrogen) atoms. The number of carboxylic acid groups (broad SMARTS) is 1. The molecule has 0 saturated carbocycles. The van der Waals surface area contributed by atoms with Crippen LogP contribution in [0.2, 0.25) is 0 Å². The molecule has 4 heteroatoms. The topological polar surface area (TPSA) is 69.6 Å². The van der Waals surface area contributed by atoms with E-state index in [1.807, 2.05) is 30.3 Å². The van der Waals surface area contributed by atoms with Crippen molar-refractivity contribution in [1.29, 1.82) is 0 Å². The second kappa shape index (κ2) is 5.50. The molecule has 2 rings (SSSR count). The number of carboxylic acids is 1. The van der Waals surface area contributed by atoms with Gasteiger partial charge in [0.2, 0.25) is 0 Å². The zero-order valence-electron chi connectivity index (χ0n) is 10.3. The SMILES string of the molecule is O=C(O)C[C@@](O)(c1ccccc1)C1CCNCC1. The summed E-state index contributed by atoms with van der Waals surface area (Å²) >= 11 is 0. The standard InChI is InChI=1S/C14H19NO3/c16-13(17)10-14(18,11-4-2-1-3-5-11)12-6-8-15-9-7-12/h1-5,12,15,18H,6-10H2,(H,16,17)/t14-/m1/s1. The van der Waals surface area contributed by atoms with Crippen molar-refractivity contribution in [2.24, 2.45) is 5.92 Å². The van der Waals surface area contributed by atoms with Gasteiger partial charge in [0.1, 0.15) is 5.60 Å². The highest BCUT2D eigenvalue weighted by molar-refractivity contribution is 5.68. The molecule has 1 aliphatic heterocycles. The highest BCUT2D eigenvalue weighted by atomic mass is 16.4. The lowest BCUT2D eigenvalue weighted by Crippen LogP contribution is -2.43. The van der Waals surface area contributed by atoms with Crippen molar-refractivity contribution in [3.63, 3.8) is 0 Å². The zero-order chi connectivity index (χ0) is 13.0. The van der Waals surface area contributed by atoms with Gasteiger partial charge >= 0.3 is 5.97 Å². The first-order valence-electron chi connectivity index (χ1n) is 6.33. The normalized spacial score (nSPS) is 20.3. The number of aliphatic hydroxyl groups is 1. The smallest absolute Gasteiger partial charge is 0.306 e. The molecule has 1 aromatic rings. The van der Waals surface area contributed by atoms with E-state index in [4.69, 9.17) is 5.11 Å². The maximum Gasteiger partial charge on any atom is 0.306 e. The van der Waals surface area contributed by atoms with E-state index in [0.29, 0.717) is 5.56 Å². The third-order valence-electron chi connectivity index (χ3n) is 3.71. The first-order valence-corrected chi connectivity index (χ1v) is 6.33. The van der Waals surface area contributed by atoms with Crippen LogP contribution in [0.5, 0.6) is 0 Å². The van der Waals surface area contributed by atoms with Crippen LogP contribution >= 0.6 is 0 Å². The molecule has 3 N–H and O–H groups in total. The lowest BCUT2D eigenvalue weighted by Gasteiger charge is -2.38. The minimum absolute atomic E-state index is 0.00255. The number of nitrogens with one attached hydrogen (secondary N) is 1. The molecule has 98 valence electrons. The Morgan fingerprint density at radius 1 is 1.28 bits per heavy atom. The van der Waals surface area contributed by atoms with Crippen LogP contribution in [0.4, 0.5) is 0 Å². The number of aliphatic carboxylic acids is 1. The summed E-state index contributed by atoms with van der Waals surface area (Å²) in [6.07, 6.45) is 1.37. The van der Waals surface area contributed by atoms with Gasteiger partial charge in [0, 0.05) is 0 Å². The van der Waals surface area contributed by atoms with Gasteiger partial charge in [-0.25, -0.2) is 0 Å². The van der Waals surface area contributed by atoms with E-state index >= 15 is 0 Å². The summed E-state index contributed by atoms with van der Waals surface area (Å²) in [5.74, 6) is -0.961. The van der Waals surface area contributed by atoms with E-state index in [2.05, 4.69) is 5.32 Å². The fourth-order valence-corrected chi connectivity index (χ4v) is 2.74. The van der Waals surface area contributed by atoms with E-state index in [-0.39, 0.29) is 12.3 Å². The molecule has 1 saturated heterocycles. The molecule has 1 fully saturated rings. The van der Waals surface area contributed by atoms with Crippen LogP contribution in [0.3, 0.4) is 0 Å². The van der Waals surface area contributed by atoms with Crippen molar-refractivity contribution < 1.29 is 15.0 Å². The largest absolute Gasteiger partial charge is 0.481 e. The Balaban J connectivity index is 2.30. The molecule has 0 radical (unpaired) electrons. The van der Waals surface area contributed by atoms with Crippen LogP contribution in [0.15, 0.2) is 30.3 Å². The molecule has 0 spiro atoms. The molecule has 1 aromatic carbocycles. The lowest BCUT2D eigenvalue weighted by atomic mass is 9.74. The Hall–Kier alpha value is -1.39. The predicted molar refractivity (Wildman–Crippen MR) is 68.2 cm³/mol. The lowest BCUT2D eigenvalue weighted by molar-refractivity contribution is -0.146. The molecule has 1 aliphatic rings. The predicted octanol–water partition coefficient (Wildman–Crippen LogP) is 1.35. The monoisotopic (exact) mass is 249 g/mol. The Labute approximate surface area is 107 Å². The van der Waals surface area contributed by atoms with Gasteiger partial charge < -0.3 is 15.5 Å². The number of hydrogen-bond acceptors (Lipinski definition) is 3. The first kappa shape index (κ1) is 13.1. The molecule has 1 heterocycles. The van der Waals surface area contributed by atoms with Crippen LogP contribution in [-0.2, 0) is 10.4 Å². The van der Waals surface area contributed by atoms with E-state index < -0.39 is 11.6 Å². The summed E-state index contributed by atoms with van der Waals surface area (Å²) in [6, 6.07) is 9.16. The van der Waals surface area contributed by atoms with Gasteiger partial charge in [-0.15, -0.1) is 0 Å². The van der Waals surface area contributed by atoms with E-state index in [1.54, 1.807) is 0 Å². The summed E-state index contributed by atoms with van der Waals surface area (Å²) in [6.45, 7) is 1.67. The fraction of sp³-hybridized carbons (Fsp3) is 0.500. The highest BCUT2D eigenvalue weighted by Crippen LogP contribution is 2.38. The summed E-state index contributed by atoms with van der Waals surface area (Å²) in [7, 11) is 0. The van der Waals surface area contributed by atoms with E-state index in [0.717, 1.165) is 25.9 Å². The number of piperidine rings is 1. The van der Waals surface area contributed by atoms with Crippen LogP contribution < -0.4 is 5.32 Å². The Morgan fingerprint density at radius 3 is 2.44 bits per heavy atom. The van der Waals surface area contributed by atoms with Crippen molar-refractivity contribution in [1.82, 2.24) is 5.32 Å². The summed E-state index contributed by atoms with van der Waals surface area (Å²) < 4.78 is 0. The molecule has 0 amide bonds. The Kier molecular flexibility index (Phi) is 3.99. The van der Waals surface area contributed by atoms with Crippen molar-refractivity contribution in [2.75, 3.05) is 13.1 Å². The maximum atomic E-state index is 11.1. The zero-order valence-corrected chi connectivity index (χ0v) is 10.3. The maximum absolute atomic E-state index is 11.1. The van der Waals surface area contributed by atoms with Crippen molar-refractivity contribution >= 4 is 5.97 Å². The molecule has 4 nitrogen and oxygen atoms in total. The third-order valence-corrected chi connectivity index (χ3v) is 3.71. The van der Waals surface area contributed by atoms with Crippen LogP contribution in [-0.4, -0.2) is 29.3 Å². The molecule has 1 atom stereocenters. The van der Waals surface area contributed by atoms with Crippen molar-refractivity contribution in [3.05, 3.63) is 35.9 Å². The van der Waals surface area contributed by atoms with Gasteiger partial charge in [-0.3, -0.25) is 4.79 Å². The van der Waals surface area contributed by atoms with Crippen LogP contribution in [0.25, 0.3) is 0 Å². The van der Waals surface area contributed by atoms with Gasteiger partial charge in [-0.2, -0.15) is 0 Å². The molecule has 0 aromatic heterocycles. The van der Waals surface area contributed by atoms with Gasteiger partial charge in [-0.1, -0.05) is 30.3 Å². The molecule has 0 aliphatic carbocycles. The Morgan fingerprint density at radius 2 is 1.89 bits per heavy atom. The number of rotatable bonds is 4. The first-order chi connectivity index (χ1) is 8.63. The summed E-state index contributed by atoms with van der Waals surface area (Å²) in [5.41, 5.74) is -0.547. The second-order valence-electron chi connectivity index (χ2n) is 4.89. The molecular weight excluding hydrogens is 230 g/mol. The molecule has 0 unspecified atom stereocenters. The average Bonchev–Trinajstić information content (AvgIpc) is 2.40. The number of carbonyl (C=O) groups is 1. The molecular formula is C14H19NO3. The summed E-state index contributed by atoms with van der Waals surface area (Å²) in [4.78, 5) is 11.1. The average molecular weight is 249 g/mol. The van der Waals surface area contributed by atoms with E-state index in [9.17, 15) is 9.90 Å². The van der Waals surface area contributed by atoms with Gasteiger partial charge in [0.25, 0.3) is 0 Å². The van der Waals surface area contributed by atoms with Crippen LogP contribution in [0, 0.1) is 5.92 Å². The summed E-state index contributed by atoms with van der Waals surface area (Å²) in [5, 5.41) is 23.2. The molecule has 0 bridgehead atoms. The minimum Gasteiger partial charge on any atom is -0.481 e. The van der Waals surface area contributed by atoms with Crippen LogP contribution in [0.1, 0.15) is 24.8 Å². The third kappa shape index (κ3) is 2.71. The van der Waals surface area contributed by atoms with Gasteiger partial charge in [0.05, 0.1) is 6.42 Å². The van der Waals surface area contributed by atoms with Crippen molar-refractivity contribution in [3.8, 4) is 0 Å². The minimum atomic E-state index is -1.25. The number of benzene rings is 1. The Bertz CT molecular complexity index is 401. The van der Waals surface area contributed by atoms with Gasteiger partial charge in [0.15, 0.2) is 0 Å².